The Morgan fingerprint density at radius 3 is 2.90 bits per heavy atom. The highest BCUT2D eigenvalue weighted by Crippen LogP contribution is 2.24. The number of nitrogens with one attached hydrogen (secondary N) is 2. The third-order valence-corrected chi connectivity index (χ3v) is 6.34. The largest absolute Gasteiger partial charge is 0.356 e. The van der Waals surface area contributed by atoms with E-state index >= 15 is 0 Å². The van der Waals surface area contributed by atoms with Crippen molar-refractivity contribution in [3.63, 3.8) is 0 Å². The Balaban J connectivity index is 1.44. The van der Waals surface area contributed by atoms with Gasteiger partial charge in [-0.15, -0.1) is 11.3 Å². The molecule has 29 heavy (non-hydrogen) atoms. The number of fused-ring (bicyclic) bond motifs is 1. The summed E-state index contributed by atoms with van der Waals surface area (Å²) >= 11 is 1.78. The number of hydrogen-bond acceptors (Lipinski definition) is 3. The Bertz CT molecular complexity index is 877. The Morgan fingerprint density at radius 2 is 2.14 bits per heavy atom. The molecule has 0 atom stereocenters. The van der Waals surface area contributed by atoms with Crippen molar-refractivity contribution in [2.75, 3.05) is 26.7 Å². The minimum absolute atomic E-state index is 0.157. The van der Waals surface area contributed by atoms with Gasteiger partial charge in [-0.1, -0.05) is 26.0 Å². The van der Waals surface area contributed by atoms with E-state index in [1.54, 1.807) is 30.5 Å². The van der Waals surface area contributed by atoms with Crippen LogP contribution in [0.25, 0.3) is 0 Å². The normalized spacial score (nSPS) is 14.5. The molecule has 0 saturated carbocycles. The Hall–Kier alpha value is -2.41. The molecule has 0 spiro atoms. The molecule has 1 aliphatic rings. The van der Waals surface area contributed by atoms with E-state index in [0.717, 1.165) is 18.5 Å². The monoisotopic (exact) mass is 416 g/mol. The number of rotatable bonds is 6. The average Bonchev–Trinajstić information content (AvgIpc) is 3.18. The van der Waals surface area contributed by atoms with E-state index in [1.807, 2.05) is 11.0 Å². The molecule has 1 aliphatic heterocycles. The minimum Gasteiger partial charge on any atom is -0.356 e. The first-order valence-corrected chi connectivity index (χ1v) is 10.8. The summed E-state index contributed by atoms with van der Waals surface area (Å²) in [5.74, 6) is 0.565. The van der Waals surface area contributed by atoms with Gasteiger partial charge >= 0.3 is 0 Å². The molecule has 0 bridgehead atoms. The van der Waals surface area contributed by atoms with Crippen molar-refractivity contribution < 1.29 is 9.18 Å². The zero-order valence-electron chi connectivity index (χ0n) is 17.3. The SMILES string of the molecule is CN=C(NCCC(=O)N1CCc2sccc2C1)NCC(C)(C)c1cccc(F)c1. The highest BCUT2D eigenvalue weighted by molar-refractivity contribution is 7.10. The van der Waals surface area contributed by atoms with E-state index in [9.17, 15) is 9.18 Å². The Kier molecular flexibility index (Phi) is 6.90. The molecule has 7 heteroatoms. The molecule has 2 heterocycles. The van der Waals surface area contributed by atoms with Gasteiger partial charge in [-0.05, 0) is 41.1 Å². The molecule has 2 aromatic rings. The van der Waals surface area contributed by atoms with Crippen molar-refractivity contribution in [2.45, 2.75) is 38.6 Å². The molecular formula is C22H29FN4OS. The summed E-state index contributed by atoms with van der Waals surface area (Å²) in [5.41, 5.74) is 1.94. The van der Waals surface area contributed by atoms with Crippen molar-refractivity contribution in [2.24, 2.45) is 4.99 Å². The molecule has 1 aromatic heterocycles. The second-order valence-corrected chi connectivity index (χ2v) is 8.93. The molecule has 5 nitrogen and oxygen atoms in total. The molecule has 2 N–H and O–H groups in total. The van der Waals surface area contributed by atoms with Gasteiger partial charge in [-0.25, -0.2) is 4.39 Å². The molecule has 0 saturated heterocycles. The first kappa shape index (κ1) is 21.3. The van der Waals surface area contributed by atoms with Gasteiger partial charge in [-0.3, -0.25) is 9.79 Å². The smallest absolute Gasteiger partial charge is 0.224 e. The summed E-state index contributed by atoms with van der Waals surface area (Å²) < 4.78 is 13.5. The predicted octanol–water partition coefficient (Wildman–Crippen LogP) is 3.30. The van der Waals surface area contributed by atoms with Gasteiger partial charge in [0.05, 0.1) is 0 Å². The van der Waals surface area contributed by atoms with Crippen LogP contribution in [0.1, 0.15) is 36.3 Å². The van der Waals surface area contributed by atoms with Gasteiger partial charge in [0.2, 0.25) is 5.91 Å². The second-order valence-electron chi connectivity index (χ2n) is 7.93. The van der Waals surface area contributed by atoms with Crippen molar-refractivity contribution in [1.82, 2.24) is 15.5 Å². The van der Waals surface area contributed by atoms with Crippen molar-refractivity contribution in [3.8, 4) is 0 Å². The lowest BCUT2D eigenvalue weighted by Gasteiger charge is -2.28. The third-order valence-electron chi connectivity index (χ3n) is 5.32. The molecule has 156 valence electrons. The Morgan fingerprint density at radius 1 is 1.31 bits per heavy atom. The predicted molar refractivity (Wildman–Crippen MR) is 117 cm³/mol. The molecule has 0 unspecified atom stereocenters. The van der Waals surface area contributed by atoms with Gasteiger partial charge in [0.15, 0.2) is 5.96 Å². The minimum atomic E-state index is -0.262. The molecule has 1 aromatic carbocycles. The lowest BCUT2D eigenvalue weighted by Crippen LogP contribution is -2.44. The number of thiophene rings is 1. The molecule has 3 rings (SSSR count). The van der Waals surface area contributed by atoms with E-state index in [0.29, 0.717) is 32.0 Å². The van der Waals surface area contributed by atoms with Gasteiger partial charge in [0.1, 0.15) is 5.82 Å². The van der Waals surface area contributed by atoms with Crippen LogP contribution >= 0.6 is 11.3 Å². The first-order valence-electron chi connectivity index (χ1n) is 9.92. The van der Waals surface area contributed by atoms with Crippen LogP contribution < -0.4 is 10.6 Å². The number of nitrogens with zero attached hydrogens (tertiary/aromatic N) is 2. The average molecular weight is 417 g/mol. The lowest BCUT2D eigenvalue weighted by molar-refractivity contribution is -0.131. The fourth-order valence-corrected chi connectivity index (χ4v) is 4.33. The van der Waals surface area contributed by atoms with Gasteiger partial charge < -0.3 is 15.5 Å². The fourth-order valence-electron chi connectivity index (χ4n) is 3.44. The second kappa shape index (κ2) is 9.39. The number of guanidine groups is 1. The van der Waals surface area contributed by atoms with Crippen LogP contribution in [-0.4, -0.2) is 43.4 Å². The standard InChI is InChI=1S/C22H29FN4OS/c1-22(2,17-5-4-6-18(23)13-17)15-26-21(24-3)25-10-7-20(28)27-11-8-19-16(14-27)9-12-29-19/h4-6,9,12-13H,7-8,10-11,14-15H2,1-3H3,(H2,24,25,26). The highest BCUT2D eigenvalue weighted by atomic mass is 32.1. The maximum atomic E-state index is 13.5. The maximum absolute atomic E-state index is 13.5. The van der Waals surface area contributed by atoms with Crippen LogP contribution in [-0.2, 0) is 23.2 Å². The molecule has 0 aliphatic carbocycles. The molecule has 1 amide bonds. The van der Waals surface area contributed by atoms with Crippen molar-refractivity contribution in [1.29, 1.82) is 0 Å². The van der Waals surface area contributed by atoms with E-state index < -0.39 is 0 Å². The number of halogens is 1. The van der Waals surface area contributed by atoms with Crippen LogP contribution in [0.5, 0.6) is 0 Å². The van der Waals surface area contributed by atoms with Gasteiger partial charge in [0.25, 0.3) is 0 Å². The summed E-state index contributed by atoms with van der Waals surface area (Å²) in [6, 6.07) is 8.78. The number of carbonyl (C=O) groups excluding carboxylic acids is 1. The molecule has 0 radical (unpaired) electrons. The quantitative estimate of drug-likeness (QED) is 0.561. The number of benzene rings is 1. The summed E-state index contributed by atoms with van der Waals surface area (Å²) in [4.78, 5) is 20.1. The van der Waals surface area contributed by atoms with Crippen LogP contribution in [0.15, 0.2) is 40.7 Å². The summed E-state index contributed by atoms with van der Waals surface area (Å²) in [6.07, 6.45) is 1.37. The number of amides is 1. The van der Waals surface area contributed by atoms with Crippen molar-refractivity contribution >= 4 is 23.2 Å². The topological polar surface area (TPSA) is 56.7 Å². The van der Waals surface area contributed by atoms with Gasteiger partial charge in [0, 0.05) is 49.9 Å². The van der Waals surface area contributed by atoms with E-state index in [-0.39, 0.29) is 17.1 Å². The third kappa shape index (κ3) is 5.56. The van der Waals surface area contributed by atoms with E-state index in [4.69, 9.17) is 0 Å². The molecular weight excluding hydrogens is 387 g/mol. The van der Waals surface area contributed by atoms with Crippen molar-refractivity contribution in [3.05, 3.63) is 57.5 Å². The summed E-state index contributed by atoms with van der Waals surface area (Å²) in [7, 11) is 1.70. The first-order chi connectivity index (χ1) is 13.9. The summed E-state index contributed by atoms with van der Waals surface area (Å²) in [5, 5.41) is 8.59. The van der Waals surface area contributed by atoms with Crippen LogP contribution in [0.4, 0.5) is 4.39 Å². The fraction of sp³-hybridized carbons (Fsp3) is 0.455. The summed E-state index contributed by atoms with van der Waals surface area (Å²) in [6.45, 7) is 6.73. The Labute approximate surface area is 176 Å². The van der Waals surface area contributed by atoms with E-state index in [1.165, 1.54) is 16.5 Å². The molecule has 0 fully saturated rings. The van der Waals surface area contributed by atoms with Crippen LogP contribution in [0.3, 0.4) is 0 Å². The van der Waals surface area contributed by atoms with Crippen LogP contribution in [0, 0.1) is 5.82 Å². The lowest BCUT2D eigenvalue weighted by atomic mass is 9.84. The van der Waals surface area contributed by atoms with Crippen LogP contribution in [0.2, 0.25) is 0 Å². The van der Waals surface area contributed by atoms with E-state index in [2.05, 4.69) is 40.9 Å². The number of carbonyl (C=O) groups is 1. The number of hydrogen-bond donors (Lipinski definition) is 2. The number of aliphatic imine (C=N–C) groups is 1. The highest BCUT2D eigenvalue weighted by Gasteiger charge is 2.22. The zero-order chi connectivity index (χ0) is 20.9. The maximum Gasteiger partial charge on any atom is 0.224 e. The zero-order valence-corrected chi connectivity index (χ0v) is 18.1. The van der Waals surface area contributed by atoms with Gasteiger partial charge in [-0.2, -0.15) is 0 Å².